The number of hydrogen-bond acceptors (Lipinski definition) is 3. The number of nitrogens with one attached hydrogen (secondary N) is 2. The van der Waals surface area contributed by atoms with Gasteiger partial charge < -0.3 is 15.5 Å². The Morgan fingerprint density at radius 2 is 1.92 bits per heavy atom. The fourth-order valence-electron chi connectivity index (χ4n) is 4.16. The van der Waals surface area contributed by atoms with Crippen LogP contribution in [-0.4, -0.2) is 48.4 Å². The van der Waals surface area contributed by atoms with Crippen LogP contribution >= 0.6 is 0 Å². The number of rotatable bonds is 5. The quantitative estimate of drug-likeness (QED) is 0.337. The summed E-state index contributed by atoms with van der Waals surface area (Å²) in [5.74, 6) is -1.76. The molecule has 1 heterocycles. The second-order valence-corrected chi connectivity index (χ2v) is 8.80. The Balaban J connectivity index is 1.75. The van der Waals surface area contributed by atoms with Gasteiger partial charge in [-0.2, -0.15) is 18.4 Å². The molecule has 0 aromatic heterocycles. The molecule has 7 nitrogen and oxygen atoms in total. The lowest BCUT2D eigenvalue weighted by Gasteiger charge is -2.41. The maximum atomic E-state index is 14.0. The van der Waals surface area contributed by atoms with E-state index in [1.165, 1.54) is 26.1 Å². The SMILES string of the molecule is C=C(NC(=NC)N=C(C)N1CC(C(=O)NCc2ccccc2)CCC1C(F)(F)F)c1ccc(C#N)c(F)c1. The molecule has 0 bridgehead atoms. The van der Waals surface area contributed by atoms with Crippen LogP contribution in [0.3, 0.4) is 0 Å². The molecule has 1 aliphatic rings. The first-order valence-corrected chi connectivity index (χ1v) is 11.9. The van der Waals surface area contributed by atoms with E-state index < -0.39 is 24.0 Å². The van der Waals surface area contributed by atoms with Crippen LogP contribution in [0.2, 0.25) is 0 Å². The molecule has 1 fully saturated rings. The summed E-state index contributed by atoms with van der Waals surface area (Å²) in [5, 5.41) is 14.5. The van der Waals surface area contributed by atoms with Gasteiger partial charge in [0.25, 0.3) is 0 Å². The Morgan fingerprint density at radius 1 is 1.21 bits per heavy atom. The maximum absolute atomic E-state index is 14.0. The van der Waals surface area contributed by atoms with Gasteiger partial charge in [-0.05, 0) is 37.5 Å². The second-order valence-electron chi connectivity index (χ2n) is 8.80. The topological polar surface area (TPSA) is 92.9 Å². The van der Waals surface area contributed by atoms with E-state index in [4.69, 9.17) is 5.26 Å². The first-order chi connectivity index (χ1) is 18.0. The predicted octanol–water partition coefficient (Wildman–Crippen LogP) is 4.62. The van der Waals surface area contributed by atoms with Crippen molar-refractivity contribution in [2.45, 2.75) is 38.5 Å². The molecule has 2 aromatic carbocycles. The number of nitrogens with zero attached hydrogens (tertiary/aromatic N) is 4. The van der Waals surface area contributed by atoms with E-state index in [0.717, 1.165) is 16.5 Å². The Hall–Kier alpha value is -4.20. The number of nitriles is 1. The molecule has 3 rings (SSSR count). The monoisotopic (exact) mass is 528 g/mol. The van der Waals surface area contributed by atoms with Crippen molar-refractivity contribution in [3.05, 3.63) is 77.6 Å². The molecule has 0 spiro atoms. The van der Waals surface area contributed by atoms with E-state index in [0.29, 0.717) is 5.56 Å². The zero-order valence-corrected chi connectivity index (χ0v) is 21.0. The number of carbonyl (C=O) groups excluding carboxylic acids is 1. The summed E-state index contributed by atoms with van der Waals surface area (Å²) in [4.78, 5) is 22.1. The molecule has 2 N–H and O–H groups in total. The van der Waals surface area contributed by atoms with Crippen LogP contribution in [0, 0.1) is 23.1 Å². The van der Waals surface area contributed by atoms with Crippen LogP contribution in [0.5, 0.6) is 0 Å². The van der Waals surface area contributed by atoms with Gasteiger partial charge in [0.2, 0.25) is 11.9 Å². The molecule has 2 atom stereocenters. The van der Waals surface area contributed by atoms with Crippen LogP contribution in [0.15, 0.2) is 65.1 Å². The van der Waals surface area contributed by atoms with Crippen molar-refractivity contribution < 1.29 is 22.4 Å². The number of guanidine groups is 1. The summed E-state index contributed by atoms with van der Waals surface area (Å²) in [6.45, 7) is 5.33. The Kier molecular flexibility index (Phi) is 9.23. The van der Waals surface area contributed by atoms with Gasteiger partial charge in [0.15, 0.2) is 0 Å². The normalized spacial score (nSPS) is 18.5. The van der Waals surface area contributed by atoms with E-state index in [1.54, 1.807) is 6.07 Å². The lowest BCUT2D eigenvalue weighted by molar-refractivity contribution is -0.184. The van der Waals surface area contributed by atoms with Gasteiger partial charge in [-0.15, -0.1) is 0 Å². The number of halogens is 4. The van der Waals surface area contributed by atoms with E-state index in [1.807, 2.05) is 30.3 Å². The van der Waals surface area contributed by atoms with Crippen LogP contribution < -0.4 is 10.6 Å². The van der Waals surface area contributed by atoms with Crippen molar-refractivity contribution in [3.8, 4) is 6.07 Å². The molecule has 0 radical (unpaired) electrons. The number of amides is 1. The van der Waals surface area contributed by atoms with Crippen molar-refractivity contribution in [3.63, 3.8) is 0 Å². The second kappa shape index (κ2) is 12.4. The van der Waals surface area contributed by atoms with Gasteiger partial charge >= 0.3 is 6.18 Å². The molecule has 11 heteroatoms. The molecule has 1 saturated heterocycles. The number of carbonyl (C=O) groups is 1. The van der Waals surface area contributed by atoms with Gasteiger partial charge in [0, 0.05) is 31.4 Å². The van der Waals surface area contributed by atoms with Crippen LogP contribution in [0.1, 0.15) is 36.5 Å². The molecular formula is C27H28F4N6O. The predicted molar refractivity (Wildman–Crippen MR) is 137 cm³/mol. The molecule has 2 unspecified atom stereocenters. The molecule has 0 saturated carbocycles. The van der Waals surface area contributed by atoms with E-state index in [-0.39, 0.29) is 54.9 Å². The van der Waals surface area contributed by atoms with Crippen molar-refractivity contribution >= 4 is 23.4 Å². The van der Waals surface area contributed by atoms with Crippen molar-refractivity contribution in [1.29, 1.82) is 5.26 Å². The van der Waals surface area contributed by atoms with Gasteiger partial charge in [0.1, 0.15) is 23.8 Å². The van der Waals surface area contributed by atoms with E-state index in [2.05, 4.69) is 27.2 Å². The number of benzene rings is 2. The number of likely N-dealkylation sites (tertiary alicyclic amines) is 1. The van der Waals surface area contributed by atoms with Gasteiger partial charge in [-0.25, -0.2) is 9.38 Å². The summed E-state index contributed by atoms with van der Waals surface area (Å²) < 4.78 is 55.6. The van der Waals surface area contributed by atoms with Crippen LogP contribution in [-0.2, 0) is 11.3 Å². The molecule has 1 aliphatic heterocycles. The molecule has 200 valence electrons. The van der Waals surface area contributed by atoms with Gasteiger partial charge in [0.05, 0.1) is 11.5 Å². The third-order valence-corrected chi connectivity index (χ3v) is 6.24. The molecule has 1 amide bonds. The zero-order valence-electron chi connectivity index (χ0n) is 21.0. The van der Waals surface area contributed by atoms with Crippen molar-refractivity contribution in [2.24, 2.45) is 15.9 Å². The fourth-order valence-corrected chi connectivity index (χ4v) is 4.16. The Bertz CT molecular complexity index is 1270. The smallest absolute Gasteiger partial charge is 0.352 e. The largest absolute Gasteiger partial charge is 0.408 e. The third-order valence-electron chi connectivity index (χ3n) is 6.24. The van der Waals surface area contributed by atoms with Crippen molar-refractivity contribution in [1.82, 2.24) is 15.5 Å². The standard InChI is InChI=1S/C27H28F4N6O/c1-17(20-9-10-21(14-32)23(28)13-20)35-26(33-3)36-18(2)37-16-22(11-12-24(37)27(29,30)31)25(38)34-15-19-7-5-4-6-8-19/h4-10,13,22,24H,1,11-12,15-16H2,2-3H3,(H,33,35)(H,34,38). The zero-order chi connectivity index (χ0) is 27.9. The summed E-state index contributed by atoms with van der Waals surface area (Å²) >= 11 is 0. The first-order valence-electron chi connectivity index (χ1n) is 11.9. The fraction of sp³-hybridized carbons (Fsp3) is 0.333. The highest BCUT2D eigenvalue weighted by atomic mass is 19.4. The minimum absolute atomic E-state index is 0.0137. The molecule has 38 heavy (non-hydrogen) atoms. The number of alkyl halides is 3. The van der Waals surface area contributed by atoms with Crippen LogP contribution in [0.25, 0.3) is 5.70 Å². The number of aliphatic imine (C=N–C) groups is 2. The Morgan fingerprint density at radius 3 is 2.53 bits per heavy atom. The number of hydrogen-bond donors (Lipinski definition) is 2. The summed E-state index contributed by atoms with van der Waals surface area (Å²) in [5.41, 5.74) is 1.26. The third kappa shape index (κ3) is 7.18. The summed E-state index contributed by atoms with van der Waals surface area (Å²) in [7, 11) is 1.39. The number of amidine groups is 1. The van der Waals surface area contributed by atoms with Gasteiger partial charge in [-0.3, -0.25) is 9.79 Å². The molecule has 0 aliphatic carbocycles. The summed E-state index contributed by atoms with van der Waals surface area (Å²) in [6, 6.07) is 13.0. The summed E-state index contributed by atoms with van der Waals surface area (Å²) in [6.07, 6.45) is -4.70. The van der Waals surface area contributed by atoms with E-state index >= 15 is 0 Å². The lowest BCUT2D eigenvalue weighted by atomic mass is 9.91. The maximum Gasteiger partial charge on any atom is 0.408 e. The Labute approximate surface area is 218 Å². The minimum Gasteiger partial charge on any atom is -0.352 e. The van der Waals surface area contributed by atoms with Gasteiger partial charge in [-0.1, -0.05) is 43.0 Å². The average Bonchev–Trinajstić information content (AvgIpc) is 2.90. The lowest BCUT2D eigenvalue weighted by Crippen LogP contribution is -2.55. The highest BCUT2D eigenvalue weighted by Crippen LogP contribution is 2.34. The highest BCUT2D eigenvalue weighted by Gasteiger charge is 2.47. The minimum atomic E-state index is -4.52. The average molecular weight is 529 g/mol. The molecular weight excluding hydrogens is 500 g/mol. The van der Waals surface area contributed by atoms with E-state index in [9.17, 15) is 22.4 Å². The van der Waals surface area contributed by atoms with Crippen LogP contribution in [0.4, 0.5) is 17.6 Å². The van der Waals surface area contributed by atoms with Crippen molar-refractivity contribution in [2.75, 3.05) is 13.6 Å². The number of piperidine rings is 1. The first kappa shape index (κ1) is 28.4. The highest BCUT2D eigenvalue weighted by molar-refractivity contribution is 5.98. The molecule has 2 aromatic rings.